The van der Waals surface area contributed by atoms with E-state index in [1.165, 1.54) is 0 Å². The maximum absolute atomic E-state index is 12.8. The summed E-state index contributed by atoms with van der Waals surface area (Å²) in [6.45, 7) is -0.193. The molecule has 0 fully saturated rings. The van der Waals surface area contributed by atoms with E-state index in [2.05, 4.69) is 20.9 Å². The molecule has 0 bridgehead atoms. The zero-order valence-electron chi connectivity index (χ0n) is 9.26. The largest absolute Gasteiger partial charge is 0.434 e. The van der Waals surface area contributed by atoms with Gasteiger partial charge in [0.1, 0.15) is 5.01 Å². The summed E-state index contributed by atoms with van der Waals surface area (Å²) in [6.07, 6.45) is -4.49. The summed E-state index contributed by atoms with van der Waals surface area (Å²) in [4.78, 5) is 3.66. The molecular weight excluding hydrogens is 365 g/mol. The van der Waals surface area contributed by atoms with E-state index in [4.69, 9.17) is 17.3 Å². The highest BCUT2D eigenvalue weighted by Gasteiger charge is 2.37. The van der Waals surface area contributed by atoms with Crippen LogP contribution in [0.15, 0.2) is 22.7 Å². The van der Waals surface area contributed by atoms with E-state index in [9.17, 15) is 13.2 Å². The molecule has 0 spiro atoms. The summed E-state index contributed by atoms with van der Waals surface area (Å²) in [5.41, 5.74) is 4.98. The second kappa shape index (κ2) is 5.40. The first-order chi connectivity index (χ1) is 8.82. The molecule has 1 aromatic heterocycles. The van der Waals surface area contributed by atoms with Gasteiger partial charge in [-0.3, -0.25) is 0 Å². The van der Waals surface area contributed by atoms with Gasteiger partial charge in [0.15, 0.2) is 5.69 Å². The Kier molecular flexibility index (Phi) is 4.20. The van der Waals surface area contributed by atoms with Gasteiger partial charge in [-0.15, -0.1) is 11.3 Å². The minimum absolute atomic E-state index is 0.0218. The average Bonchev–Trinajstić information content (AvgIpc) is 2.76. The van der Waals surface area contributed by atoms with Gasteiger partial charge in [0, 0.05) is 16.6 Å². The first kappa shape index (κ1) is 14.8. The van der Waals surface area contributed by atoms with Crippen LogP contribution >= 0.6 is 38.9 Å². The van der Waals surface area contributed by atoms with Crippen molar-refractivity contribution in [3.8, 4) is 10.6 Å². The van der Waals surface area contributed by atoms with Gasteiger partial charge in [-0.05, 0) is 28.1 Å². The molecule has 0 saturated carbocycles. The van der Waals surface area contributed by atoms with E-state index in [1.807, 2.05) is 0 Å². The van der Waals surface area contributed by atoms with E-state index < -0.39 is 11.9 Å². The minimum atomic E-state index is -4.49. The molecule has 0 aliphatic heterocycles. The minimum Gasteiger partial charge on any atom is -0.326 e. The first-order valence-electron chi connectivity index (χ1n) is 5.05. The third kappa shape index (κ3) is 3.10. The number of alkyl halides is 3. The molecule has 1 heterocycles. The van der Waals surface area contributed by atoms with Crippen molar-refractivity contribution in [2.45, 2.75) is 12.7 Å². The zero-order chi connectivity index (χ0) is 14.2. The fourth-order valence-electron chi connectivity index (χ4n) is 1.46. The predicted octanol–water partition coefficient (Wildman–Crippen LogP) is 4.70. The quantitative estimate of drug-likeness (QED) is 0.831. The maximum atomic E-state index is 12.8. The van der Waals surface area contributed by atoms with Crippen molar-refractivity contribution in [1.82, 2.24) is 4.98 Å². The standard InChI is InChI=1S/C11H7BrClF3N2S/c12-6-3-5(1-2-7(6)13)10-18-9(11(14,15)16)8(4-17)19-10/h1-3H,4,17H2. The van der Waals surface area contributed by atoms with Gasteiger partial charge in [0.05, 0.1) is 9.90 Å². The Balaban J connectivity index is 2.51. The normalized spacial score (nSPS) is 11.9. The zero-order valence-corrected chi connectivity index (χ0v) is 12.4. The van der Waals surface area contributed by atoms with Crippen LogP contribution in [0.2, 0.25) is 5.02 Å². The Morgan fingerprint density at radius 2 is 2.05 bits per heavy atom. The van der Waals surface area contributed by atoms with Crippen LogP contribution in [-0.2, 0) is 12.7 Å². The number of hydrogen-bond donors (Lipinski definition) is 1. The number of aromatic nitrogens is 1. The Hall–Kier alpha value is -0.630. The molecule has 2 rings (SSSR count). The number of hydrogen-bond acceptors (Lipinski definition) is 3. The van der Waals surface area contributed by atoms with Crippen molar-refractivity contribution < 1.29 is 13.2 Å². The molecule has 102 valence electrons. The van der Waals surface area contributed by atoms with Crippen LogP contribution < -0.4 is 5.73 Å². The molecule has 0 saturated heterocycles. The summed E-state index contributed by atoms with van der Waals surface area (Å²) < 4.78 is 38.9. The lowest BCUT2D eigenvalue weighted by molar-refractivity contribution is -0.141. The fourth-order valence-corrected chi connectivity index (χ4v) is 2.92. The predicted molar refractivity (Wildman–Crippen MR) is 73.2 cm³/mol. The smallest absolute Gasteiger partial charge is 0.326 e. The van der Waals surface area contributed by atoms with E-state index in [-0.39, 0.29) is 16.4 Å². The molecule has 2 nitrogen and oxygen atoms in total. The summed E-state index contributed by atoms with van der Waals surface area (Å²) >= 11 is 10.00. The Morgan fingerprint density at radius 3 is 2.53 bits per heavy atom. The van der Waals surface area contributed by atoms with E-state index in [0.29, 0.717) is 15.1 Å². The van der Waals surface area contributed by atoms with Gasteiger partial charge >= 0.3 is 6.18 Å². The monoisotopic (exact) mass is 370 g/mol. The third-order valence-electron chi connectivity index (χ3n) is 2.32. The van der Waals surface area contributed by atoms with Crippen molar-refractivity contribution >= 4 is 38.9 Å². The Labute approximate surface area is 124 Å². The van der Waals surface area contributed by atoms with E-state index >= 15 is 0 Å². The van der Waals surface area contributed by atoms with Crippen LogP contribution in [0.3, 0.4) is 0 Å². The molecule has 8 heteroatoms. The highest BCUT2D eigenvalue weighted by molar-refractivity contribution is 9.10. The lowest BCUT2D eigenvalue weighted by atomic mass is 10.2. The second-order valence-electron chi connectivity index (χ2n) is 3.62. The maximum Gasteiger partial charge on any atom is 0.434 e. The van der Waals surface area contributed by atoms with Crippen LogP contribution in [0.5, 0.6) is 0 Å². The van der Waals surface area contributed by atoms with E-state index in [1.54, 1.807) is 18.2 Å². The number of rotatable bonds is 2. The molecule has 0 aliphatic carbocycles. The van der Waals surface area contributed by atoms with Crippen molar-refractivity contribution in [2.75, 3.05) is 0 Å². The van der Waals surface area contributed by atoms with Crippen LogP contribution in [0.25, 0.3) is 10.6 Å². The highest BCUT2D eigenvalue weighted by atomic mass is 79.9. The van der Waals surface area contributed by atoms with Crippen LogP contribution in [0, 0.1) is 0 Å². The molecule has 0 unspecified atom stereocenters. The number of benzene rings is 1. The molecule has 2 N–H and O–H groups in total. The molecule has 1 aromatic carbocycles. The van der Waals surface area contributed by atoms with Crippen LogP contribution in [-0.4, -0.2) is 4.98 Å². The van der Waals surface area contributed by atoms with Gasteiger partial charge in [0.25, 0.3) is 0 Å². The van der Waals surface area contributed by atoms with Crippen LogP contribution in [0.1, 0.15) is 10.6 Å². The van der Waals surface area contributed by atoms with Gasteiger partial charge in [0.2, 0.25) is 0 Å². The lowest BCUT2D eigenvalue weighted by Crippen LogP contribution is -2.10. The van der Waals surface area contributed by atoms with Crippen molar-refractivity contribution in [2.24, 2.45) is 5.73 Å². The van der Waals surface area contributed by atoms with Gasteiger partial charge in [-0.2, -0.15) is 13.2 Å². The third-order valence-corrected chi connectivity index (χ3v) is 4.66. The molecule has 2 aromatic rings. The molecular formula is C11H7BrClF3N2S. The summed E-state index contributed by atoms with van der Waals surface area (Å²) in [5.74, 6) is 0. The molecule has 0 radical (unpaired) electrons. The molecule has 19 heavy (non-hydrogen) atoms. The fraction of sp³-hybridized carbons (Fsp3) is 0.182. The summed E-state index contributed by atoms with van der Waals surface area (Å²) in [6, 6.07) is 4.84. The van der Waals surface area contributed by atoms with E-state index in [0.717, 1.165) is 11.3 Å². The average molecular weight is 372 g/mol. The molecule has 0 atom stereocenters. The Morgan fingerprint density at radius 1 is 1.37 bits per heavy atom. The molecule has 0 aliphatic rings. The van der Waals surface area contributed by atoms with Crippen molar-refractivity contribution in [1.29, 1.82) is 0 Å². The van der Waals surface area contributed by atoms with Crippen molar-refractivity contribution in [3.63, 3.8) is 0 Å². The summed E-state index contributed by atoms with van der Waals surface area (Å²) in [7, 11) is 0. The van der Waals surface area contributed by atoms with Gasteiger partial charge in [-0.25, -0.2) is 4.98 Å². The first-order valence-corrected chi connectivity index (χ1v) is 7.04. The SMILES string of the molecule is NCc1sc(-c2ccc(Cl)c(Br)c2)nc1C(F)(F)F. The second-order valence-corrected chi connectivity index (χ2v) is 5.97. The molecule has 0 amide bonds. The lowest BCUT2D eigenvalue weighted by Gasteiger charge is -2.03. The topological polar surface area (TPSA) is 38.9 Å². The highest BCUT2D eigenvalue weighted by Crippen LogP contribution is 2.38. The van der Waals surface area contributed by atoms with Crippen LogP contribution in [0.4, 0.5) is 13.2 Å². The van der Waals surface area contributed by atoms with Gasteiger partial charge in [-0.1, -0.05) is 17.7 Å². The number of thiazole rings is 1. The Bertz CT molecular complexity index is 612. The van der Waals surface area contributed by atoms with Gasteiger partial charge < -0.3 is 5.73 Å². The summed E-state index contributed by atoms with van der Waals surface area (Å²) in [5, 5.41) is 0.751. The number of halogens is 5. The number of nitrogens with zero attached hydrogens (tertiary/aromatic N) is 1. The van der Waals surface area contributed by atoms with Crippen molar-refractivity contribution in [3.05, 3.63) is 38.3 Å². The number of nitrogens with two attached hydrogens (primary N) is 1.